The van der Waals surface area contributed by atoms with Crippen molar-refractivity contribution in [3.63, 3.8) is 0 Å². The summed E-state index contributed by atoms with van der Waals surface area (Å²) >= 11 is 0. The fourth-order valence-electron chi connectivity index (χ4n) is 2.69. The highest BCUT2D eigenvalue weighted by molar-refractivity contribution is 6.00. The van der Waals surface area contributed by atoms with Crippen LogP contribution in [0.5, 0.6) is 0 Å². The van der Waals surface area contributed by atoms with Crippen LogP contribution in [0.15, 0.2) is 71.3 Å². The van der Waals surface area contributed by atoms with Gasteiger partial charge in [-0.2, -0.15) is 0 Å². The van der Waals surface area contributed by atoms with Crippen LogP contribution in [-0.4, -0.2) is 21.1 Å². The third-order valence-corrected chi connectivity index (χ3v) is 3.96. The summed E-state index contributed by atoms with van der Waals surface area (Å²) in [6.45, 7) is 0. The van der Waals surface area contributed by atoms with Crippen LogP contribution in [0, 0.1) is 0 Å². The van der Waals surface area contributed by atoms with E-state index >= 15 is 0 Å². The number of nitrogens with zero attached hydrogens (tertiary/aromatic N) is 3. The SMILES string of the molecule is O=C(CCc1nnc(-c2ccccc2)o1)Nc1cccc2cccnc12. The Hall–Kier alpha value is -3.54. The van der Waals surface area contributed by atoms with Crippen LogP contribution in [0.1, 0.15) is 12.3 Å². The number of carbonyl (C=O) groups excluding carboxylic acids is 1. The van der Waals surface area contributed by atoms with Crippen LogP contribution >= 0.6 is 0 Å². The maximum absolute atomic E-state index is 12.3. The van der Waals surface area contributed by atoms with E-state index in [1.165, 1.54) is 0 Å². The first-order chi connectivity index (χ1) is 12.8. The molecule has 6 nitrogen and oxygen atoms in total. The number of aromatic nitrogens is 3. The fourth-order valence-corrected chi connectivity index (χ4v) is 2.69. The average molecular weight is 344 g/mol. The quantitative estimate of drug-likeness (QED) is 0.594. The number of para-hydroxylation sites is 1. The third kappa shape index (κ3) is 3.44. The zero-order chi connectivity index (χ0) is 17.8. The number of nitrogens with one attached hydrogen (secondary N) is 1. The topological polar surface area (TPSA) is 80.9 Å². The number of hydrogen-bond acceptors (Lipinski definition) is 5. The van der Waals surface area contributed by atoms with Gasteiger partial charge in [-0.05, 0) is 24.3 Å². The molecule has 6 heteroatoms. The van der Waals surface area contributed by atoms with E-state index in [1.807, 2.05) is 60.7 Å². The second-order valence-electron chi connectivity index (χ2n) is 5.80. The summed E-state index contributed by atoms with van der Waals surface area (Å²) in [6.07, 6.45) is 2.34. The van der Waals surface area contributed by atoms with Crippen molar-refractivity contribution in [2.24, 2.45) is 0 Å². The van der Waals surface area contributed by atoms with Crippen molar-refractivity contribution in [1.82, 2.24) is 15.2 Å². The largest absolute Gasteiger partial charge is 0.421 e. The van der Waals surface area contributed by atoms with E-state index in [2.05, 4.69) is 20.5 Å². The summed E-state index contributed by atoms with van der Waals surface area (Å²) in [5, 5.41) is 11.9. The summed E-state index contributed by atoms with van der Waals surface area (Å²) in [5.74, 6) is 0.775. The number of hydrogen-bond donors (Lipinski definition) is 1. The number of pyridine rings is 1. The molecule has 128 valence electrons. The van der Waals surface area contributed by atoms with Crippen LogP contribution < -0.4 is 5.32 Å². The normalized spacial score (nSPS) is 10.8. The first-order valence-electron chi connectivity index (χ1n) is 8.31. The van der Waals surface area contributed by atoms with Gasteiger partial charge in [-0.3, -0.25) is 9.78 Å². The van der Waals surface area contributed by atoms with Gasteiger partial charge in [0.1, 0.15) is 0 Å². The number of aryl methyl sites for hydroxylation is 1. The Balaban J connectivity index is 1.41. The van der Waals surface area contributed by atoms with E-state index in [9.17, 15) is 4.79 Å². The highest BCUT2D eigenvalue weighted by Gasteiger charge is 2.11. The number of benzene rings is 2. The van der Waals surface area contributed by atoms with Gasteiger partial charge in [-0.15, -0.1) is 10.2 Å². The number of amides is 1. The lowest BCUT2D eigenvalue weighted by Gasteiger charge is -2.07. The first kappa shape index (κ1) is 16.0. The predicted molar refractivity (Wildman–Crippen MR) is 98.4 cm³/mol. The molecule has 0 saturated heterocycles. The third-order valence-electron chi connectivity index (χ3n) is 3.96. The highest BCUT2D eigenvalue weighted by Crippen LogP contribution is 2.21. The molecule has 1 amide bonds. The smallest absolute Gasteiger partial charge is 0.247 e. The van der Waals surface area contributed by atoms with Crippen LogP contribution in [-0.2, 0) is 11.2 Å². The van der Waals surface area contributed by atoms with E-state index in [4.69, 9.17) is 4.42 Å². The molecule has 2 aromatic heterocycles. The molecule has 0 saturated carbocycles. The molecular weight excluding hydrogens is 328 g/mol. The number of fused-ring (bicyclic) bond motifs is 1. The van der Waals surface area contributed by atoms with Gasteiger partial charge in [0, 0.05) is 30.0 Å². The molecule has 4 aromatic rings. The van der Waals surface area contributed by atoms with Crippen LogP contribution in [0.3, 0.4) is 0 Å². The lowest BCUT2D eigenvalue weighted by molar-refractivity contribution is -0.116. The van der Waals surface area contributed by atoms with Crippen LogP contribution in [0.25, 0.3) is 22.4 Å². The average Bonchev–Trinajstić information content (AvgIpc) is 3.17. The minimum atomic E-state index is -0.123. The van der Waals surface area contributed by atoms with E-state index in [1.54, 1.807) is 6.20 Å². The Labute approximate surface area is 149 Å². The number of anilines is 1. The van der Waals surface area contributed by atoms with Crippen molar-refractivity contribution in [3.8, 4) is 11.5 Å². The summed E-state index contributed by atoms with van der Waals surface area (Å²) < 4.78 is 5.63. The van der Waals surface area contributed by atoms with E-state index in [-0.39, 0.29) is 12.3 Å². The lowest BCUT2D eigenvalue weighted by Crippen LogP contribution is -2.13. The minimum absolute atomic E-state index is 0.123. The molecule has 0 aliphatic rings. The Bertz CT molecular complexity index is 1040. The molecule has 4 rings (SSSR count). The summed E-state index contributed by atoms with van der Waals surface area (Å²) in [5.41, 5.74) is 2.33. The molecule has 0 unspecified atom stereocenters. The molecule has 2 aromatic carbocycles. The molecule has 0 fully saturated rings. The molecule has 0 aliphatic carbocycles. The molecule has 0 bridgehead atoms. The molecule has 0 spiro atoms. The van der Waals surface area contributed by atoms with Gasteiger partial charge < -0.3 is 9.73 Å². The Morgan fingerprint density at radius 2 is 1.81 bits per heavy atom. The van der Waals surface area contributed by atoms with Gasteiger partial charge in [0.15, 0.2) is 0 Å². The number of rotatable bonds is 5. The summed E-state index contributed by atoms with van der Waals surface area (Å²) in [6, 6.07) is 19.1. The Morgan fingerprint density at radius 3 is 2.69 bits per heavy atom. The molecular formula is C20H16N4O2. The van der Waals surface area contributed by atoms with Crippen LogP contribution in [0.2, 0.25) is 0 Å². The molecule has 2 heterocycles. The molecule has 26 heavy (non-hydrogen) atoms. The molecule has 0 atom stereocenters. The lowest BCUT2D eigenvalue weighted by atomic mass is 10.2. The zero-order valence-electron chi connectivity index (χ0n) is 13.9. The second kappa shape index (κ2) is 7.14. The van der Waals surface area contributed by atoms with Gasteiger partial charge in [0.05, 0.1) is 11.2 Å². The standard InChI is InChI=1S/C20H16N4O2/c25-17(22-16-10-4-8-14-9-5-13-21-19(14)16)11-12-18-23-24-20(26-18)15-6-2-1-3-7-15/h1-10,13H,11-12H2,(H,22,25). The van der Waals surface area contributed by atoms with Gasteiger partial charge in [-0.1, -0.05) is 36.4 Å². The molecule has 0 aliphatic heterocycles. The van der Waals surface area contributed by atoms with Gasteiger partial charge in [0.25, 0.3) is 0 Å². The van der Waals surface area contributed by atoms with Crippen molar-refractivity contribution in [1.29, 1.82) is 0 Å². The van der Waals surface area contributed by atoms with Gasteiger partial charge >= 0.3 is 0 Å². The van der Waals surface area contributed by atoms with Gasteiger partial charge in [-0.25, -0.2) is 0 Å². The van der Waals surface area contributed by atoms with E-state index < -0.39 is 0 Å². The maximum Gasteiger partial charge on any atom is 0.247 e. The van der Waals surface area contributed by atoms with E-state index in [0.717, 1.165) is 16.5 Å². The van der Waals surface area contributed by atoms with Crippen LogP contribution in [0.4, 0.5) is 5.69 Å². The number of carbonyl (C=O) groups is 1. The summed E-state index contributed by atoms with van der Waals surface area (Å²) in [4.78, 5) is 16.6. The Kier molecular flexibility index (Phi) is 4.38. The van der Waals surface area contributed by atoms with E-state index in [0.29, 0.717) is 23.9 Å². The first-order valence-corrected chi connectivity index (χ1v) is 8.31. The Morgan fingerprint density at radius 1 is 0.962 bits per heavy atom. The second-order valence-corrected chi connectivity index (χ2v) is 5.80. The predicted octanol–water partition coefficient (Wildman–Crippen LogP) is 3.86. The van der Waals surface area contributed by atoms with Crippen molar-refractivity contribution in [2.75, 3.05) is 5.32 Å². The van der Waals surface area contributed by atoms with Crippen molar-refractivity contribution in [3.05, 3.63) is 72.8 Å². The summed E-state index contributed by atoms with van der Waals surface area (Å²) in [7, 11) is 0. The van der Waals surface area contributed by atoms with Crippen molar-refractivity contribution in [2.45, 2.75) is 12.8 Å². The minimum Gasteiger partial charge on any atom is -0.421 e. The maximum atomic E-state index is 12.3. The highest BCUT2D eigenvalue weighted by atomic mass is 16.4. The molecule has 1 N–H and O–H groups in total. The molecule has 0 radical (unpaired) electrons. The van der Waals surface area contributed by atoms with Crippen molar-refractivity contribution >= 4 is 22.5 Å². The van der Waals surface area contributed by atoms with Gasteiger partial charge in [0.2, 0.25) is 17.7 Å². The monoisotopic (exact) mass is 344 g/mol. The van der Waals surface area contributed by atoms with Crippen molar-refractivity contribution < 1.29 is 9.21 Å². The fraction of sp³-hybridized carbons (Fsp3) is 0.100. The zero-order valence-corrected chi connectivity index (χ0v) is 13.9.